The van der Waals surface area contributed by atoms with Crippen LogP contribution in [0.4, 0.5) is 17.3 Å². The van der Waals surface area contributed by atoms with Crippen molar-refractivity contribution in [2.24, 2.45) is 0 Å². The Labute approximate surface area is 252 Å². The maximum atomic E-state index is 8.52. The number of benzene rings is 1. The van der Waals surface area contributed by atoms with Crippen LogP contribution in [-0.4, -0.2) is 84.1 Å². The molecule has 1 radical (unpaired) electrons. The number of anilines is 3. The zero-order valence-corrected chi connectivity index (χ0v) is 25.9. The summed E-state index contributed by atoms with van der Waals surface area (Å²) in [5.74, 6) is 3.26. The normalized spacial score (nSPS) is 22.0. The number of likely N-dealkylation sites (tertiary alicyclic amines) is 1. The SMILES string of the molecule is CC(C)(C)O.[Y].c1nc2c(c(N3CCOCC3)n1)COc1ccc(C3CCN([C@@H]4CC[N-]C4)CC3)cc1N2. The monoisotopic (exact) mass is 598 g/mol. The molecule has 5 heterocycles. The van der Waals surface area contributed by atoms with Crippen LogP contribution in [0.25, 0.3) is 5.32 Å². The van der Waals surface area contributed by atoms with Crippen molar-refractivity contribution in [1.29, 1.82) is 0 Å². The summed E-state index contributed by atoms with van der Waals surface area (Å²) in [6.45, 7) is 13.2. The van der Waals surface area contributed by atoms with Gasteiger partial charge < -0.3 is 35.0 Å². The van der Waals surface area contributed by atoms with Gasteiger partial charge in [-0.2, -0.15) is 0 Å². The number of hydrogen-bond donors (Lipinski definition) is 2. The van der Waals surface area contributed by atoms with Gasteiger partial charge in [0.2, 0.25) is 0 Å². The van der Waals surface area contributed by atoms with Crippen LogP contribution in [0.1, 0.15) is 57.1 Å². The van der Waals surface area contributed by atoms with E-state index in [-0.39, 0.29) is 32.7 Å². The van der Waals surface area contributed by atoms with Gasteiger partial charge in [-0.1, -0.05) is 12.5 Å². The molecule has 1 aromatic carbocycles. The molecule has 4 aliphatic rings. The second-order valence-electron chi connectivity index (χ2n) is 11.3. The van der Waals surface area contributed by atoms with Gasteiger partial charge in [0.15, 0.2) is 0 Å². The maximum Gasteiger partial charge on any atom is 0.143 e. The number of fused-ring (bicyclic) bond motifs is 2. The van der Waals surface area contributed by atoms with Crippen LogP contribution in [0.3, 0.4) is 0 Å². The number of hydrogen-bond acceptors (Lipinski definition) is 8. The van der Waals surface area contributed by atoms with Crippen LogP contribution in [0.2, 0.25) is 0 Å². The van der Waals surface area contributed by atoms with Crippen molar-refractivity contribution in [2.45, 2.75) is 64.2 Å². The Morgan fingerprint density at radius 2 is 1.79 bits per heavy atom. The van der Waals surface area contributed by atoms with Crippen molar-refractivity contribution in [3.63, 3.8) is 0 Å². The molecule has 0 aliphatic carbocycles. The van der Waals surface area contributed by atoms with E-state index in [9.17, 15) is 0 Å². The molecule has 9 nitrogen and oxygen atoms in total. The first kappa shape index (κ1) is 29.6. The molecule has 1 atom stereocenters. The summed E-state index contributed by atoms with van der Waals surface area (Å²) >= 11 is 0. The molecule has 6 rings (SSSR count). The van der Waals surface area contributed by atoms with Crippen LogP contribution >= 0.6 is 0 Å². The summed E-state index contributed by atoms with van der Waals surface area (Å²) in [6, 6.07) is 7.31. The van der Waals surface area contributed by atoms with Gasteiger partial charge in [0.1, 0.15) is 30.3 Å². The Hall–Kier alpha value is -1.36. The Balaban J connectivity index is 0.000000516. The first-order valence-corrected chi connectivity index (χ1v) is 13.6. The van der Waals surface area contributed by atoms with Crippen LogP contribution in [0.5, 0.6) is 5.75 Å². The molecule has 1 aromatic heterocycles. The molecule has 0 unspecified atom stereocenters. The second-order valence-corrected chi connectivity index (χ2v) is 11.3. The number of aliphatic hydroxyl groups is 1. The van der Waals surface area contributed by atoms with Crippen molar-refractivity contribution in [3.05, 3.63) is 41.0 Å². The molecule has 38 heavy (non-hydrogen) atoms. The molecule has 3 fully saturated rings. The number of nitrogens with zero attached hydrogens (tertiary/aromatic N) is 5. The average molecular weight is 599 g/mol. The maximum absolute atomic E-state index is 8.52. The quantitative estimate of drug-likeness (QED) is 0.547. The smallest absolute Gasteiger partial charge is 0.143 e. The van der Waals surface area contributed by atoms with E-state index in [1.165, 1.54) is 37.9 Å². The van der Waals surface area contributed by atoms with Crippen LogP contribution < -0.4 is 15.0 Å². The fourth-order valence-corrected chi connectivity index (χ4v) is 5.46. The fraction of sp³-hybridized carbons (Fsp3) is 0.643. The Morgan fingerprint density at radius 1 is 1.05 bits per heavy atom. The molecule has 2 N–H and O–H groups in total. The summed E-state index contributed by atoms with van der Waals surface area (Å²) in [5.41, 5.74) is 2.91. The van der Waals surface area contributed by atoms with Crippen LogP contribution in [0, 0.1) is 0 Å². The number of ether oxygens (including phenoxy) is 2. The van der Waals surface area contributed by atoms with E-state index in [1.807, 2.05) is 0 Å². The Bertz CT molecular complexity index is 1040. The molecule has 205 valence electrons. The fourth-order valence-electron chi connectivity index (χ4n) is 5.46. The average Bonchev–Trinajstić information content (AvgIpc) is 3.36. The zero-order valence-electron chi connectivity index (χ0n) is 23.0. The van der Waals surface area contributed by atoms with Crippen LogP contribution in [-0.2, 0) is 44.1 Å². The van der Waals surface area contributed by atoms with Gasteiger partial charge in [-0.3, -0.25) is 0 Å². The summed E-state index contributed by atoms with van der Waals surface area (Å²) in [6.07, 6.45) is 5.29. The molecular formula is C28H41N6O3Y-. The molecule has 10 heteroatoms. The first-order chi connectivity index (χ1) is 17.8. The van der Waals surface area contributed by atoms with Gasteiger partial charge in [-0.05, 0) is 76.4 Å². The van der Waals surface area contributed by atoms with Gasteiger partial charge >= 0.3 is 0 Å². The van der Waals surface area contributed by atoms with Gasteiger partial charge in [-0.15, -0.1) is 13.1 Å². The van der Waals surface area contributed by atoms with E-state index in [0.29, 0.717) is 18.6 Å². The summed E-state index contributed by atoms with van der Waals surface area (Å²) < 4.78 is 11.7. The van der Waals surface area contributed by atoms with Crippen molar-refractivity contribution in [2.75, 3.05) is 62.7 Å². The minimum absolute atomic E-state index is 0. The van der Waals surface area contributed by atoms with E-state index < -0.39 is 5.60 Å². The van der Waals surface area contributed by atoms with Crippen molar-refractivity contribution in [3.8, 4) is 5.75 Å². The van der Waals surface area contributed by atoms with Gasteiger partial charge in [0, 0.05) is 45.8 Å². The molecule has 4 aliphatic heterocycles. The van der Waals surface area contributed by atoms with E-state index in [1.54, 1.807) is 27.1 Å². The third-order valence-electron chi connectivity index (χ3n) is 7.34. The summed E-state index contributed by atoms with van der Waals surface area (Å²) in [5, 5.41) is 16.6. The third-order valence-corrected chi connectivity index (χ3v) is 7.34. The number of aromatic nitrogens is 2. The van der Waals surface area contributed by atoms with E-state index >= 15 is 0 Å². The largest absolute Gasteiger partial charge is 0.661 e. The van der Waals surface area contributed by atoms with Gasteiger partial charge in [0.25, 0.3) is 0 Å². The molecule has 0 saturated carbocycles. The predicted octanol–water partition coefficient (Wildman–Crippen LogP) is 4.05. The van der Waals surface area contributed by atoms with Crippen LogP contribution in [0.15, 0.2) is 24.5 Å². The number of piperidine rings is 1. The third kappa shape index (κ3) is 7.64. The van der Waals surface area contributed by atoms with Crippen molar-refractivity contribution < 1.29 is 47.3 Å². The predicted molar refractivity (Wildman–Crippen MR) is 146 cm³/mol. The summed E-state index contributed by atoms with van der Waals surface area (Å²) in [7, 11) is 0. The minimum atomic E-state index is -0.500. The number of nitrogens with one attached hydrogen (secondary N) is 1. The Morgan fingerprint density at radius 3 is 2.47 bits per heavy atom. The standard InChI is InChI=1S/C24H31N6O2.C4H10O.Y/c1-2-22-21(13-18(1)17-4-7-29(8-5-17)19-3-6-25-14-19)28-23-20(15-32-22)24(27-16-26-23)30-9-11-31-12-10-30;1-4(2,3)5;/h1-2,13,16-17,19H,3-12,14-15H2,(H,26,27,28);5H,1-3H3;/q-1;;/t19-;;/m1../s1. The Kier molecular flexibility index (Phi) is 10.4. The summed E-state index contributed by atoms with van der Waals surface area (Å²) in [4.78, 5) is 14.0. The zero-order chi connectivity index (χ0) is 25.8. The van der Waals surface area contributed by atoms with E-state index in [2.05, 4.69) is 48.6 Å². The molecular weight excluding hydrogens is 557 g/mol. The first-order valence-electron chi connectivity index (χ1n) is 13.6. The second kappa shape index (κ2) is 13.3. The molecule has 2 aromatic rings. The van der Waals surface area contributed by atoms with Crippen molar-refractivity contribution in [1.82, 2.24) is 14.9 Å². The minimum Gasteiger partial charge on any atom is -0.661 e. The molecule has 0 spiro atoms. The topological polar surface area (TPSA) is 97.1 Å². The molecule has 0 bridgehead atoms. The van der Waals surface area contributed by atoms with Gasteiger partial charge in [-0.25, -0.2) is 9.97 Å². The van der Waals surface area contributed by atoms with E-state index in [4.69, 9.17) is 14.6 Å². The van der Waals surface area contributed by atoms with Gasteiger partial charge in [0.05, 0.1) is 30.1 Å². The number of morpholine rings is 1. The molecule has 3 saturated heterocycles. The van der Waals surface area contributed by atoms with E-state index in [0.717, 1.165) is 68.0 Å². The number of rotatable bonds is 3. The van der Waals surface area contributed by atoms with Crippen molar-refractivity contribution >= 4 is 17.3 Å². The molecule has 0 amide bonds.